The quantitative estimate of drug-likeness (QED) is 0.812. The predicted molar refractivity (Wildman–Crippen MR) is 89.8 cm³/mol. The number of piperazine rings is 1. The van der Waals surface area contributed by atoms with Crippen LogP contribution < -0.4 is 5.32 Å². The lowest BCUT2D eigenvalue weighted by Crippen LogP contribution is -2.46. The number of nitrogens with zero attached hydrogens (tertiary/aromatic N) is 1. The Balaban J connectivity index is 1.87. The molecule has 1 saturated heterocycles. The number of halogens is 1. The van der Waals surface area contributed by atoms with Crippen LogP contribution in [0.4, 0.5) is 0 Å². The first-order chi connectivity index (χ1) is 9.75. The average Bonchev–Trinajstić information content (AvgIpc) is 2.51. The number of rotatable bonds is 2. The molecular weight excluding hydrogens is 363 g/mol. The summed E-state index contributed by atoms with van der Waals surface area (Å²) in [5, 5.41) is 5.71. The first-order valence-corrected chi connectivity index (χ1v) is 7.98. The third-order valence-corrected chi connectivity index (χ3v) is 4.71. The molecule has 0 aromatic heterocycles. The molecule has 4 heteroatoms. The summed E-state index contributed by atoms with van der Waals surface area (Å²) in [6, 6.07) is 12.5. The van der Waals surface area contributed by atoms with E-state index in [1.807, 2.05) is 17.0 Å². The number of benzene rings is 2. The molecule has 0 spiro atoms. The summed E-state index contributed by atoms with van der Waals surface area (Å²) in [7, 11) is 0. The van der Waals surface area contributed by atoms with Gasteiger partial charge in [-0.05, 0) is 45.0 Å². The first-order valence-electron chi connectivity index (χ1n) is 6.90. The van der Waals surface area contributed by atoms with Crippen molar-refractivity contribution in [2.45, 2.75) is 6.42 Å². The summed E-state index contributed by atoms with van der Waals surface area (Å²) >= 11 is 2.35. The molecule has 2 aromatic rings. The molecule has 104 valence electrons. The van der Waals surface area contributed by atoms with E-state index in [-0.39, 0.29) is 5.91 Å². The van der Waals surface area contributed by atoms with Crippen LogP contribution in [-0.2, 0) is 11.2 Å². The maximum atomic E-state index is 12.4. The van der Waals surface area contributed by atoms with Crippen LogP contribution >= 0.6 is 22.6 Å². The topological polar surface area (TPSA) is 32.3 Å². The molecule has 0 bridgehead atoms. The standard InChI is InChI=1S/C16H17IN2O/c17-15-6-5-12(13-3-1-2-4-14(13)15)11-16(20)19-9-7-18-8-10-19/h1-6,18H,7-11H2. The Bertz CT molecular complexity index is 635. The molecule has 1 aliphatic rings. The fourth-order valence-corrected chi connectivity index (χ4v) is 3.32. The average molecular weight is 380 g/mol. The highest BCUT2D eigenvalue weighted by molar-refractivity contribution is 14.1. The molecule has 0 radical (unpaired) electrons. The number of hydrogen-bond acceptors (Lipinski definition) is 2. The first kappa shape index (κ1) is 13.8. The van der Waals surface area contributed by atoms with Crippen molar-refractivity contribution in [2.24, 2.45) is 0 Å². The summed E-state index contributed by atoms with van der Waals surface area (Å²) in [4.78, 5) is 14.4. The largest absolute Gasteiger partial charge is 0.340 e. The summed E-state index contributed by atoms with van der Waals surface area (Å²) in [5.74, 6) is 0.234. The van der Waals surface area contributed by atoms with E-state index in [1.54, 1.807) is 0 Å². The van der Waals surface area contributed by atoms with Gasteiger partial charge in [0.2, 0.25) is 5.91 Å². The molecule has 1 fully saturated rings. The van der Waals surface area contributed by atoms with Gasteiger partial charge in [0.15, 0.2) is 0 Å². The van der Waals surface area contributed by atoms with Gasteiger partial charge < -0.3 is 10.2 Å². The van der Waals surface area contributed by atoms with Crippen LogP contribution in [0, 0.1) is 3.57 Å². The number of nitrogens with one attached hydrogen (secondary N) is 1. The minimum Gasteiger partial charge on any atom is -0.340 e. The highest BCUT2D eigenvalue weighted by Crippen LogP contribution is 2.24. The molecule has 0 aliphatic carbocycles. The molecule has 1 aliphatic heterocycles. The number of fused-ring (bicyclic) bond motifs is 1. The van der Waals surface area contributed by atoms with Crippen molar-refractivity contribution in [3.8, 4) is 0 Å². The SMILES string of the molecule is O=C(Cc1ccc(I)c2ccccc12)N1CCNCC1. The molecule has 0 atom stereocenters. The summed E-state index contributed by atoms with van der Waals surface area (Å²) < 4.78 is 1.23. The van der Waals surface area contributed by atoms with Gasteiger partial charge in [-0.15, -0.1) is 0 Å². The Morgan fingerprint density at radius 3 is 2.55 bits per heavy atom. The third-order valence-electron chi connectivity index (χ3n) is 3.77. The number of amides is 1. The van der Waals surface area contributed by atoms with Crippen molar-refractivity contribution in [2.75, 3.05) is 26.2 Å². The van der Waals surface area contributed by atoms with Gasteiger partial charge in [-0.2, -0.15) is 0 Å². The Labute approximate surface area is 132 Å². The van der Waals surface area contributed by atoms with Gasteiger partial charge in [-0.3, -0.25) is 4.79 Å². The molecule has 0 unspecified atom stereocenters. The molecule has 1 amide bonds. The summed E-state index contributed by atoms with van der Waals surface area (Å²) in [6.07, 6.45) is 0.497. The van der Waals surface area contributed by atoms with Gasteiger partial charge in [0.25, 0.3) is 0 Å². The van der Waals surface area contributed by atoms with E-state index < -0.39 is 0 Å². The van der Waals surface area contributed by atoms with Gasteiger partial charge in [0.05, 0.1) is 6.42 Å². The monoisotopic (exact) mass is 380 g/mol. The van der Waals surface area contributed by atoms with E-state index in [1.165, 1.54) is 14.3 Å². The predicted octanol–water partition coefficient (Wildman–Crippen LogP) is 2.42. The second kappa shape index (κ2) is 6.10. The summed E-state index contributed by atoms with van der Waals surface area (Å²) in [6.45, 7) is 3.45. The van der Waals surface area contributed by atoms with E-state index >= 15 is 0 Å². The maximum Gasteiger partial charge on any atom is 0.227 e. The number of carbonyl (C=O) groups is 1. The molecule has 2 aromatic carbocycles. The van der Waals surface area contributed by atoms with E-state index in [2.05, 4.69) is 52.2 Å². The highest BCUT2D eigenvalue weighted by atomic mass is 127. The second-order valence-corrected chi connectivity index (χ2v) is 6.22. The minimum atomic E-state index is 0.234. The third kappa shape index (κ3) is 2.81. The van der Waals surface area contributed by atoms with E-state index in [0.717, 1.165) is 31.7 Å². The molecular formula is C16H17IN2O. The minimum absolute atomic E-state index is 0.234. The number of carbonyl (C=O) groups excluding carboxylic acids is 1. The van der Waals surface area contributed by atoms with Gasteiger partial charge in [0, 0.05) is 29.7 Å². The van der Waals surface area contributed by atoms with Crippen LogP contribution in [0.15, 0.2) is 36.4 Å². The van der Waals surface area contributed by atoms with Gasteiger partial charge in [-0.25, -0.2) is 0 Å². The van der Waals surface area contributed by atoms with Crippen LogP contribution in [0.1, 0.15) is 5.56 Å². The Hall–Kier alpha value is -1.14. The Kier molecular flexibility index (Phi) is 4.21. The van der Waals surface area contributed by atoms with Crippen LogP contribution in [0.25, 0.3) is 10.8 Å². The van der Waals surface area contributed by atoms with Crippen molar-refractivity contribution in [1.82, 2.24) is 10.2 Å². The second-order valence-electron chi connectivity index (χ2n) is 5.06. The molecule has 20 heavy (non-hydrogen) atoms. The van der Waals surface area contributed by atoms with Crippen LogP contribution in [-0.4, -0.2) is 37.0 Å². The van der Waals surface area contributed by atoms with Crippen LogP contribution in [0.3, 0.4) is 0 Å². The molecule has 1 heterocycles. The fourth-order valence-electron chi connectivity index (χ4n) is 2.67. The van der Waals surface area contributed by atoms with Gasteiger partial charge in [0.1, 0.15) is 0 Å². The van der Waals surface area contributed by atoms with E-state index in [4.69, 9.17) is 0 Å². The maximum absolute atomic E-state index is 12.4. The molecule has 3 nitrogen and oxygen atoms in total. The van der Waals surface area contributed by atoms with Crippen molar-refractivity contribution in [3.63, 3.8) is 0 Å². The highest BCUT2D eigenvalue weighted by Gasteiger charge is 2.17. The summed E-state index contributed by atoms with van der Waals surface area (Å²) in [5.41, 5.74) is 1.13. The van der Waals surface area contributed by atoms with Crippen molar-refractivity contribution < 1.29 is 4.79 Å². The van der Waals surface area contributed by atoms with E-state index in [9.17, 15) is 4.79 Å². The number of hydrogen-bond donors (Lipinski definition) is 1. The lowest BCUT2D eigenvalue weighted by molar-refractivity contribution is -0.131. The Morgan fingerprint density at radius 1 is 1.10 bits per heavy atom. The smallest absolute Gasteiger partial charge is 0.227 e. The zero-order valence-electron chi connectivity index (χ0n) is 11.2. The van der Waals surface area contributed by atoms with Crippen molar-refractivity contribution >= 4 is 39.3 Å². The van der Waals surface area contributed by atoms with Gasteiger partial charge >= 0.3 is 0 Å². The van der Waals surface area contributed by atoms with Crippen LogP contribution in [0.5, 0.6) is 0 Å². The molecule has 1 N–H and O–H groups in total. The lowest BCUT2D eigenvalue weighted by Gasteiger charge is -2.27. The molecule has 0 saturated carbocycles. The van der Waals surface area contributed by atoms with Crippen LogP contribution in [0.2, 0.25) is 0 Å². The van der Waals surface area contributed by atoms with E-state index in [0.29, 0.717) is 6.42 Å². The Morgan fingerprint density at radius 2 is 1.80 bits per heavy atom. The lowest BCUT2D eigenvalue weighted by atomic mass is 10.0. The fraction of sp³-hybridized carbons (Fsp3) is 0.312. The van der Waals surface area contributed by atoms with Gasteiger partial charge in [-0.1, -0.05) is 30.3 Å². The van der Waals surface area contributed by atoms with Crippen molar-refractivity contribution in [3.05, 3.63) is 45.5 Å². The zero-order valence-corrected chi connectivity index (χ0v) is 13.4. The van der Waals surface area contributed by atoms with Crippen molar-refractivity contribution in [1.29, 1.82) is 0 Å². The zero-order chi connectivity index (χ0) is 13.9. The molecule has 3 rings (SSSR count). The normalized spacial score (nSPS) is 15.6.